The van der Waals surface area contributed by atoms with Crippen LogP contribution < -0.4 is 9.47 Å². The summed E-state index contributed by atoms with van der Waals surface area (Å²) in [5, 5.41) is 8.65. The largest absolute Gasteiger partial charge is 0.490 e. The number of carboxylic acids is 1. The van der Waals surface area contributed by atoms with Crippen molar-refractivity contribution in [3.63, 3.8) is 0 Å². The molecule has 0 heterocycles. The lowest BCUT2D eigenvalue weighted by molar-refractivity contribution is -0.153. The number of halogens is 3. The number of nitrogens with zero attached hydrogens (tertiary/aromatic N) is 1. The summed E-state index contributed by atoms with van der Waals surface area (Å²) in [5.41, 5.74) is 0.792. The Bertz CT molecular complexity index is 520. The molecule has 0 saturated heterocycles. The normalized spacial score (nSPS) is 11.6. The lowest BCUT2D eigenvalue weighted by Crippen LogP contribution is -2.21. The quantitative estimate of drug-likeness (QED) is 0.752. The minimum Gasteiger partial charge on any atom is -0.490 e. The Hall–Kier alpha value is -1.96. The van der Waals surface area contributed by atoms with Crippen molar-refractivity contribution in [1.82, 2.24) is 4.90 Å². The first-order valence-electron chi connectivity index (χ1n) is 7.07. The number of carboxylic acid groups (broad SMARTS) is 1. The van der Waals surface area contributed by atoms with Crippen LogP contribution in [-0.2, 0) is 11.3 Å². The highest BCUT2D eigenvalue weighted by molar-refractivity contribution is 5.66. The highest BCUT2D eigenvalue weighted by Gasteiger charge is 2.29. The van der Waals surface area contributed by atoms with Crippen LogP contribution in [0.4, 0.5) is 13.2 Å². The highest BCUT2D eigenvalue weighted by Crippen LogP contribution is 2.30. The molecule has 1 aromatic carbocycles. The van der Waals surface area contributed by atoms with Gasteiger partial charge in [-0.15, -0.1) is 0 Å². The summed E-state index contributed by atoms with van der Waals surface area (Å²) < 4.78 is 46.8. The Kier molecular flexibility index (Phi) is 7.15. The lowest BCUT2D eigenvalue weighted by atomic mass is 10.2. The molecular formula is C15H20F3NO4. The molecule has 0 fully saturated rings. The molecule has 1 rings (SSSR count). The van der Waals surface area contributed by atoms with E-state index in [9.17, 15) is 18.0 Å². The first-order chi connectivity index (χ1) is 10.7. The van der Waals surface area contributed by atoms with Crippen molar-refractivity contribution >= 4 is 5.97 Å². The van der Waals surface area contributed by atoms with Crippen molar-refractivity contribution < 1.29 is 32.5 Å². The van der Waals surface area contributed by atoms with Gasteiger partial charge in [-0.1, -0.05) is 6.07 Å². The fraction of sp³-hybridized carbons (Fsp3) is 0.533. The molecule has 8 heteroatoms. The number of benzene rings is 1. The molecular weight excluding hydrogens is 315 g/mol. The van der Waals surface area contributed by atoms with Crippen molar-refractivity contribution in [2.45, 2.75) is 26.1 Å². The summed E-state index contributed by atoms with van der Waals surface area (Å²) in [4.78, 5) is 12.3. The number of ether oxygens (including phenoxy) is 2. The van der Waals surface area contributed by atoms with Gasteiger partial charge in [-0.05, 0) is 31.7 Å². The number of hydrogen-bond donors (Lipinski definition) is 1. The standard InChI is InChI=1S/C15H20F3NO4/c1-3-22-13-8-11(9-19(2)7-6-14(20)21)4-5-12(13)23-10-15(16,17)18/h4-5,8H,3,6-7,9-10H2,1-2H3,(H,20,21). The molecule has 0 aromatic heterocycles. The maximum atomic E-state index is 12.2. The molecule has 23 heavy (non-hydrogen) atoms. The van der Waals surface area contributed by atoms with Crippen LogP contribution in [0.15, 0.2) is 18.2 Å². The fourth-order valence-electron chi connectivity index (χ4n) is 1.88. The van der Waals surface area contributed by atoms with E-state index in [1.54, 1.807) is 31.0 Å². The highest BCUT2D eigenvalue weighted by atomic mass is 19.4. The molecule has 0 amide bonds. The molecule has 0 spiro atoms. The van der Waals surface area contributed by atoms with Gasteiger partial charge in [0.1, 0.15) is 0 Å². The molecule has 1 aromatic rings. The lowest BCUT2D eigenvalue weighted by Gasteiger charge is -2.18. The number of alkyl halides is 3. The van der Waals surface area contributed by atoms with Crippen molar-refractivity contribution in [3.8, 4) is 11.5 Å². The van der Waals surface area contributed by atoms with Gasteiger partial charge in [0.2, 0.25) is 0 Å². The average Bonchev–Trinajstić information content (AvgIpc) is 2.44. The molecule has 130 valence electrons. The smallest absolute Gasteiger partial charge is 0.422 e. The molecule has 0 saturated carbocycles. The van der Waals surface area contributed by atoms with E-state index < -0.39 is 18.8 Å². The van der Waals surface area contributed by atoms with Crippen molar-refractivity contribution in [2.75, 3.05) is 26.8 Å². The maximum absolute atomic E-state index is 12.2. The zero-order chi connectivity index (χ0) is 17.5. The molecule has 0 bridgehead atoms. The van der Waals surface area contributed by atoms with E-state index in [1.165, 1.54) is 6.07 Å². The zero-order valence-corrected chi connectivity index (χ0v) is 13.0. The second kappa shape index (κ2) is 8.61. The van der Waals surface area contributed by atoms with Gasteiger partial charge in [-0.3, -0.25) is 4.79 Å². The van der Waals surface area contributed by atoms with Crippen LogP contribution in [-0.4, -0.2) is 49.0 Å². The number of carbonyl (C=O) groups is 1. The summed E-state index contributed by atoms with van der Waals surface area (Å²) >= 11 is 0. The van der Waals surface area contributed by atoms with Crippen molar-refractivity contribution in [1.29, 1.82) is 0 Å². The third kappa shape index (κ3) is 7.73. The van der Waals surface area contributed by atoms with Gasteiger partial charge in [-0.25, -0.2) is 0 Å². The molecule has 0 radical (unpaired) electrons. The van der Waals surface area contributed by atoms with E-state index >= 15 is 0 Å². The molecule has 5 nitrogen and oxygen atoms in total. The Morgan fingerprint density at radius 3 is 2.52 bits per heavy atom. The van der Waals surface area contributed by atoms with Gasteiger partial charge < -0.3 is 19.5 Å². The van der Waals surface area contributed by atoms with E-state index in [4.69, 9.17) is 14.6 Å². The van der Waals surface area contributed by atoms with Gasteiger partial charge >= 0.3 is 12.1 Å². The van der Waals surface area contributed by atoms with Gasteiger partial charge in [0.05, 0.1) is 13.0 Å². The predicted molar refractivity (Wildman–Crippen MR) is 77.7 cm³/mol. The van der Waals surface area contributed by atoms with Crippen LogP contribution in [0.3, 0.4) is 0 Å². The first kappa shape index (κ1) is 19.1. The molecule has 0 aliphatic rings. The van der Waals surface area contributed by atoms with E-state index in [-0.39, 0.29) is 17.9 Å². The molecule has 0 atom stereocenters. The Balaban J connectivity index is 2.75. The summed E-state index contributed by atoms with van der Waals surface area (Å²) in [6.45, 7) is 1.45. The van der Waals surface area contributed by atoms with E-state index in [0.29, 0.717) is 19.7 Å². The minimum absolute atomic E-state index is 0.0155. The third-order valence-corrected chi connectivity index (χ3v) is 2.86. The van der Waals surface area contributed by atoms with E-state index in [2.05, 4.69) is 0 Å². The third-order valence-electron chi connectivity index (χ3n) is 2.86. The summed E-state index contributed by atoms with van der Waals surface area (Å²) in [7, 11) is 1.76. The van der Waals surface area contributed by atoms with Crippen LogP contribution in [0.5, 0.6) is 11.5 Å². The second-order valence-corrected chi connectivity index (χ2v) is 5.00. The molecule has 0 aliphatic carbocycles. The topological polar surface area (TPSA) is 59.0 Å². The predicted octanol–water partition coefficient (Wildman–Crippen LogP) is 2.93. The van der Waals surface area contributed by atoms with Crippen LogP contribution in [0.1, 0.15) is 18.9 Å². The Morgan fingerprint density at radius 1 is 1.26 bits per heavy atom. The van der Waals surface area contributed by atoms with Crippen LogP contribution in [0, 0.1) is 0 Å². The summed E-state index contributed by atoms with van der Waals surface area (Å²) in [6, 6.07) is 4.66. The SMILES string of the molecule is CCOc1cc(CN(C)CCC(=O)O)ccc1OCC(F)(F)F. The van der Waals surface area contributed by atoms with Crippen molar-refractivity contribution in [3.05, 3.63) is 23.8 Å². The zero-order valence-electron chi connectivity index (χ0n) is 13.0. The average molecular weight is 335 g/mol. The Morgan fingerprint density at radius 2 is 1.96 bits per heavy atom. The Labute approximate surface area is 132 Å². The number of aliphatic carboxylic acids is 1. The molecule has 0 unspecified atom stereocenters. The summed E-state index contributed by atoms with van der Waals surface area (Å²) in [6.07, 6.45) is -4.40. The monoisotopic (exact) mass is 335 g/mol. The first-order valence-corrected chi connectivity index (χ1v) is 7.07. The maximum Gasteiger partial charge on any atom is 0.422 e. The van der Waals surface area contributed by atoms with Crippen LogP contribution in [0.25, 0.3) is 0 Å². The van der Waals surface area contributed by atoms with Gasteiger partial charge in [0.25, 0.3) is 0 Å². The number of rotatable bonds is 9. The summed E-state index contributed by atoms with van der Waals surface area (Å²) in [5.74, 6) is -0.621. The van der Waals surface area contributed by atoms with E-state index in [0.717, 1.165) is 5.56 Å². The van der Waals surface area contributed by atoms with Crippen molar-refractivity contribution in [2.24, 2.45) is 0 Å². The molecule has 0 aliphatic heterocycles. The fourth-order valence-corrected chi connectivity index (χ4v) is 1.88. The number of hydrogen-bond acceptors (Lipinski definition) is 4. The van der Waals surface area contributed by atoms with Gasteiger partial charge in [-0.2, -0.15) is 13.2 Å². The van der Waals surface area contributed by atoms with Gasteiger partial charge in [0.15, 0.2) is 18.1 Å². The second-order valence-electron chi connectivity index (χ2n) is 5.00. The van der Waals surface area contributed by atoms with Crippen LogP contribution in [0.2, 0.25) is 0 Å². The molecule has 1 N–H and O–H groups in total. The van der Waals surface area contributed by atoms with Gasteiger partial charge in [0, 0.05) is 13.1 Å². The van der Waals surface area contributed by atoms with E-state index in [1.807, 2.05) is 0 Å². The minimum atomic E-state index is -4.42. The van der Waals surface area contributed by atoms with Crippen LogP contribution >= 0.6 is 0 Å².